The number of halogens is 1. The van der Waals surface area contributed by atoms with Gasteiger partial charge >= 0.3 is 0 Å². The Bertz CT molecular complexity index is 1540. The molecule has 208 valence electrons. The molecule has 2 atom stereocenters. The summed E-state index contributed by atoms with van der Waals surface area (Å²) in [5.41, 5.74) is 10.8. The number of nitrogens with one attached hydrogen (secondary N) is 1. The van der Waals surface area contributed by atoms with E-state index in [0.717, 1.165) is 56.7 Å². The predicted octanol–water partition coefficient (Wildman–Crippen LogP) is 4.66. The summed E-state index contributed by atoms with van der Waals surface area (Å²) < 4.78 is 16.2. The van der Waals surface area contributed by atoms with Crippen LogP contribution >= 0.6 is 0 Å². The highest BCUT2D eigenvalue weighted by Crippen LogP contribution is 2.44. The molecule has 1 aliphatic heterocycles. The molecule has 8 heteroatoms. The number of carbonyl (C=O) groups excluding carboxylic acids is 2. The molecule has 40 heavy (non-hydrogen) atoms. The molecule has 4 aromatic rings. The van der Waals surface area contributed by atoms with Crippen molar-refractivity contribution in [2.45, 2.75) is 39.8 Å². The van der Waals surface area contributed by atoms with Gasteiger partial charge in [-0.1, -0.05) is 24.3 Å². The smallest absolute Gasteiger partial charge is 0.256 e. The van der Waals surface area contributed by atoms with Crippen molar-refractivity contribution in [1.29, 1.82) is 0 Å². The number of nitrogen functional groups attached to an aromatic ring is 1. The summed E-state index contributed by atoms with van der Waals surface area (Å²) >= 11 is 0. The molecule has 0 bridgehead atoms. The summed E-state index contributed by atoms with van der Waals surface area (Å²) in [5.74, 6) is 1.66. The highest BCUT2D eigenvalue weighted by molar-refractivity contribution is 5.96. The van der Waals surface area contributed by atoms with Crippen LogP contribution in [0.1, 0.15) is 44.6 Å². The SMILES string of the molecule is CN1CC2CC2C1.Cc1cc2c(N)nccc2c(C)c1CNC(=O)c1cn(Cc2ccc(CC=O)cc2)cc1F. The quantitative estimate of drug-likeness (QED) is 0.332. The van der Waals surface area contributed by atoms with Crippen LogP contribution in [0.25, 0.3) is 10.8 Å². The average molecular weight is 542 g/mol. The minimum atomic E-state index is -0.573. The van der Waals surface area contributed by atoms with Crippen LogP contribution in [0, 0.1) is 31.5 Å². The Morgan fingerprint density at radius 2 is 1.80 bits per heavy atom. The molecule has 0 radical (unpaired) electrons. The lowest BCUT2D eigenvalue weighted by Gasteiger charge is -2.14. The van der Waals surface area contributed by atoms with Gasteiger partial charge in [0.1, 0.15) is 12.1 Å². The number of nitrogens with zero attached hydrogens (tertiary/aromatic N) is 3. The van der Waals surface area contributed by atoms with Crippen molar-refractivity contribution in [1.82, 2.24) is 19.8 Å². The molecule has 1 aliphatic carbocycles. The van der Waals surface area contributed by atoms with Gasteiger partial charge < -0.3 is 25.3 Å². The van der Waals surface area contributed by atoms with E-state index in [1.165, 1.54) is 31.9 Å². The molecule has 1 amide bonds. The Hall–Kier alpha value is -4.04. The van der Waals surface area contributed by atoms with Crippen LogP contribution in [-0.2, 0) is 24.3 Å². The fourth-order valence-corrected chi connectivity index (χ4v) is 5.72. The number of rotatable bonds is 7. The minimum absolute atomic E-state index is 0.00267. The zero-order chi connectivity index (χ0) is 28.4. The molecular weight excluding hydrogens is 505 g/mol. The van der Waals surface area contributed by atoms with Gasteiger partial charge in [0.25, 0.3) is 5.91 Å². The monoisotopic (exact) mass is 541 g/mol. The molecule has 6 rings (SSSR count). The first kappa shape index (κ1) is 27.5. The molecule has 1 saturated heterocycles. The van der Waals surface area contributed by atoms with Crippen molar-refractivity contribution in [3.05, 3.63) is 94.2 Å². The molecule has 2 unspecified atom stereocenters. The minimum Gasteiger partial charge on any atom is -0.383 e. The molecule has 7 nitrogen and oxygen atoms in total. The van der Waals surface area contributed by atoms with E-state index in [1.807, 2.05) is 50.2 Å². The Morgan fingerprint density at radius 1 is 1.10 bits per heavy atom. The van der Waals surface area contributed by atoms with Crippen LogP contribution in [0.2, 0.25) is 0 Å². The molecule has 2 fully saturated rings. The number of aromatic nitrogens is 2. The maximum absolute atomic E-state index is 14.5. The summed E-state index contributed by atoms with van der Waals surface area (Å²) in [6.45, 7) is 7.39. The lowest BCUT2D eigenvalue weighted by molar-refractivity contribution is -0.107. The van der Waals surface area contributed by atoms with Gasteiger partial charge in [0.15, 0.2) is 5.82 Å². The molecule has 2 aromatic heterocycles. The summed E-state index contributed by atoms with van der Waals surface area (Å²) in [6, 6.07) is 11.4. The Labute approximate surface area is 234 Å². The molecule has 1 saturated carbocycles. The maximum Gasteiger partial charge on any atom is 0.256 e. The van der Waals surface area contributed by atoms with E-state index in [0.29, 0.717) is 18.8 Å². The number of amides is 1. The summed E-state index contributed by atoms with van der Waals surface area (Å²) in [5, 5.41) is 4.70. The van der Waals surface area contributed by atoms with Crippen molar-refractivity contribution in [3.63, 3.8) is 0 Å². The van der Waals surface area contributed by atoms with Crippen LogP contribution < -0.4 is 11.1 Å². The van der Waals surface area contributed by atoms with Crippen molar-refractivity contribution in [3.8, 4) is 0 Å². The standard InChI is InChI=1S/C26H25FN4O2.C6H11N/c1-16-11-21-20(7-9-29-25(21)28)17(2)22(16)12-30-26(33)23-14-31(15-24(23)27)13-19-5-3-18(4-6-19)8-10-32;1-7-3-5-2-6(5)4-7/h3-7,9-11,14-15H,8,12-13H2,1-2H3,(H2,28,29)(H,30,33);5-6H,2-4H2,1H3. The molecule has 0 spiro atoms. The first-order chi connectivity index (χ1) is 19.2. The van der Waals surface area contributed by atoms with Crippen LogP contribution in [-0.4, -0.2) is 46.8 Å². The Morgan fingerprint density at radius 3 is 2.45 bits per heavy atom. The van der Waals surface area contributed by atoms with Gasteiger partial charge in [0.2, 0.25) is 0 Å². The van der Waals surface area contributed by atoms with Gasteiger partial charge in [0, 0.05) is 56.6 Å². The van der Waals surface area contributed by atoms with Crippen LogP contribution in [0.3, 0.4) is 0 Å². The van der Waals surface area contributed by atoms with Crippen molar-refractivity contribution >= 4 is 28.8 Å². The predicted molar refractivity (Wildman–Crippen MR) is 156 cm³/mol. The fraction of sp³-hybridized carbons (Fsp3) is 0.344. The molecule has 3 heterocycles. The number of fused-ring (bicyclic) bond motifs is 2. The second-order valence-corrected chi connectivity index (χ2v) is 11.1. The highest BCUT2D eigenvalue weighted by atomic mass is 19.1. The highest BCUT2D eigenvalue weighted by Gasteiger charge is 2.43. The molecule has 2 aromatic carbocycles. The van der Waals surface area contributed by atoms with Gasteiger partial charge in [-0.25, -0.2) is 9.37 Å². The van der Waals surface area contributed by atoms with Crippen molar-refractivity contribution < 1.29 is 14.0 Å². The average Bonchev–Trinajstić information content (AvgIpc) is 3.36. The first-order valence-electron chi connectivity index (χ1n) is 13.7. The van der Waals surface area contributed by atoms with E-state index in [1.54, 1.807) is 10.8 Å². The Balaban J connectivity index is 0.000000395. The lowest BCUT2D eigenvalue weighted by Crippen LogP contribution is -2.24. The molecule has 2 aliphatic rings. The number of aldehydes is 1. The van der Waals surface area contributed by atoms with Crippen LogP contribution in [0.4, 0.5) is 10.2 Å². The van der Waals surface area contributed by atoms with Crippen molar-refractivity contribution in [2.75, 3.05) is 25.9 Å². The first-order valence-corrected chi connectivity index (χ1v) is 13.7. The number of hydrogen-bond donors (Lipinski definition) is 2. The maximum atomic E-state index is 14.5. The van der Waals surface area contributed by atoms with Gasteiger partial charge in [-0.3, -0.25) is 4.79 Å². The van der Waals surface area contributed by atoms with E-state index in [2.05, 4.69) is 22.2 Å². The van der Waals surface area contributed by atoms with E-state index in [4.69, 9.17) is 5.73 Å². The largest absolute Gasteiger partial charge is 0.383 e. The Kier molecular flexibility index (Phi) is 7.98. The van der Waals surface area contributed by atoms with E-state index in [9.17, 15) is 14.0 Å². The van der Waals surface area contributed by atoms with E-state index in [-0.39, 0.29) is 12.1 Å². The third-order valence-corrected chi connectivity index (χ3v) is 8.08. The fourth-order valence-electron chi connectivity index (χ4n) is 5.72. The number of piperidine rings is 1. The van der Waals surface area contributed by atoms with Gasteiger partial charge in [-0.2, -0.15) is 0 Å². The summed E-state index contributed by atoms with van der Waals surface area (Å²) in [6.07, 6.45) is 7.24. The van der Waals surface area contributed by atoms with E-state index >= 15 is 0 Å². The number of nitrogens with two attached hydrogens (primary N) is 1. The number of anilines is 1. The van der Waals surface area contributed by atoms with E-state index < -0.39 is 11.7 Å². The second-order valence-electron chi connectivity index (χ2n) is 11.1. The number of carbonyl (C=O) groups is 2. The topological polar surface area (TPSA) is 93.2 Å². The third kappa shape index (κ3) is 6.07. The second kappa shape index (κ2) is 11.6. The zero-order valence-electron chi connectivity index (χ0n) is 23.3. The van der Waals surface area contributed by atoms with Gasteiger partial charge in [0.05, 0.1) is 5.56 Å². The lowest BCUT2D eigenvalue weighted by atomic mass is 9.96. The summed E-state index contributed by atoms with van der Waals surface area (Å²) in [7, 11) is 2.21. The zero-order valence-corrected chi connectivity index (χ0v) is 23.3. The van der Waals surface area contributed by atoms with Crippen molar-refractivity contribution in [2.24, 2.45) is 11.8 Å². The van der Waals surface area contributed by atoms with Gasteiger partial charge in [-0.05, 0) is 84.5 Å². The number of benzene rings is 2. The number of pyridine rings is 1. The number of hydrogen-bond acceptors (Lipinski definition) is 5. The van der Waals surface area contributed by atoms with Crippen LogP contribution in [0.15, 0.2) is 55.0 Å². The van der Waals surface area contributed by atoms with Gasteiger partial charge in [-0.15, -0.1) is 0 Å². The number of aryl methyl sites for hydroxylation is 2. The summed E-state index contributed by atoms with van der Waals surface area (Å²) in [4.78, 5) is 29.9. The third-order valence-electron chi connectivity index (χ3n) is 8.08. The number of likely N-dealkylation sites (tertiary alicyclic amines) is 1. The normalized spacial score (nSPS) is 17.7. The molecular formula is C32H36FN5O2. The molecule has 3 N–H and O–H groups in total. The van der Waals surface area contributed by atoms with Crippen LogP contribution in [0.5, 0.6) is 0 Å².